The molecule has 102 valence electrons. The Morgan fingerprint density at radius 1 is 1.15 bits per heavy atom. The summed E-state index contributed by atoms with van der Waals surface area (Å²) in [5, 5.41) is 4.57. The van der Waals surface area contributed by atoms with E-state index in [4.69, 9.17) is 10.7 Å². The molecule has 2 N–H and O–H groups in total. The number of fused-ring (bicyclic) bond motifs is 1. The molecule has 1 aliphatic rings. The molecule has 1 aromatic carbocycles. The van der Waals surface area contributed by atoms with E-state index in [1.165, 1.54) is 27.8 Å². The standard InChI is InChI=1S/C16H16N2S2/c17-16(7-3-4-8-16)15-18-12(10-19-15)14-9-11-5-1-2-6-13(11)20-14/h1-2,5-6,9-10H,3-4,7-8,17H2. The van der Waals surface area contributed by atoms with Gasteiger partial charge in [0.15, 0.2) is 0 Å². The van der Waals surface area contributed by atoms with Crippen molar-refractivity contribution in [2.24, 2.45) is 5.73 Å². The maximum atomic E-state index is 6.50. The van der Waals surface area contributed by atoms with Gasteiger partial charge in [-0.1, -0.05) is 31.0 Å². The molecule has 1 aliphatic carbocycles. The lowest BCUT2D eigenvalue weighted by Gasteiger charge is -2.19. The number of rotatable bonds is 2. The molecule has 0 saturated heterocycles. The molecule has 0 bridgehead atoms. The molecule has 2 aromatic heterocycles. The zero-order valence-corrected chi connectivity index (χ0v) is 12.8. The van der Waals surface area contributed by atoms with Crippen molar-refractivity contribution < 1.29 is 0 Å². The predicted octanol–water partition coefficient (Wildman–Crippen LogP) is 4.75. The van der Waals surface area contributed by atoms with Crippen molar-refractivity contribution in [3.63, 3.8) is 0 Å². The molecule has 0 radical (unpaired) electrons. The van der Waals surface area contributed by atoms with Crippen LogP contribution in [0.2, 0.25) is 0 Å². The summed E-state index contributed by atoms with van der Waals surface area (Å²) in [6, 6.07) is 10.7. The van der Waals surface area contributed by atoms with E-state index in [2.05, 4.69) is 35.7 Å². The summed E-state index contributed by atoms with van der Waals surface area (Å²) in [7, 11) is 0. The smallest absolute Gasteiger partial charge is 0.113 e. The average Bonchev–Trinajstić information content (AvgIpc) is 3.17. The molecule has 20 heavy (non-hydrogen) atoms. The first kappa shape index (κ1) is 12.5. The monoisotopic (exact) mass is 300 g/mol. The fraction of sp³-hybridized carbons (Fsp3) is 0.312. The van der Waals surface area contributed by atoms with Gasteiger partial charge in [0.05, 0.1) is 16.1 Å². The van der Waals surface area contributed by atoms with E-state index in [1.54, 1.807) is 11.3 Å². The lowest BCUT2D eigenvalue weighted by Crippen LogP contribution is -2.32. The first-order chi connectivity index (χ1) is 9.74. The third kappa shape index (κ3) is 1.99. The molecule has 0 unspecified atom stereocenters. The fourth-order valence-electron chi connectivity index (χ4n) is 2.94. The van der Waals surface area contributed by atoms with Crippen LogP contribution in [-0.2, 0) is 5.54 Å². The molecule has 0 atom stereocenters. The lowest BCUT2D eigenvalue weighted by atomic mass is 10.0. The van der Waals surface area contributed by atoms with Crippen molar-refractivity contribution in [2.45, 2.75) is 31.2 Å². The van der Waals surface area contributed by atoms with E-state index in [0.717, 1.165) is 23.5 Å². The summed E-state index contributed by atoms with van der Waals surface area (Å²) in [4.78, 5) is 6.08. The summed E-state index contributed by atoms with van der Waals surface area (Å²) in [5.41, 5.74) is 7.42. The maximum absolute atomic E-state index is 6.50. The summed E-state index contributed by atoms with van der Waals surface area (Å²) in [6.07, 6.45) is 4.61. The highest BCUT2D eigenvalue weighted by molar-refractivity contribution is 7.22. The van der Waals surface area contributed by atoms with Gasteiger partial charge >= 0.3 is 0 Å². The van der Waals surface area contributed by atoms with Crippen LogP contribution < -0.4 is 5.73 Å². The molecule has 0 aliphatic heterocycles. The Balaban J connectivity index is 1.74. The number of thiazole rings is 1. The molecular formula is C16H16N2S2. The van der Waals surface area contributed by atoms with E-state index >= 15 is 0 Å². The van der Waals surface area contributed by atoms with Crippen molar-refractivity contribution in [2.75, 3.05) is 0 Å². The highest BCUT2D eigenvalue weighted by Gasteiger charge is 2.34. The first-order valence-corrected chi connectivity index (χ1v) is 8.68. The first-order valence-electron chi connectivity index (χ1n) is 6.98. The summed E-state index contributed by atoms with van der Waals surface area (Å²) >= 11 is 3.53. The molecule has 0 amide bonds. The van der Waals surface area contributed by atoms with E-state index in [0.29, 0.717) is 0 Å². The van der Waals surface area contributed by atoms with Gasteiger partial charge in [0.1, 0.15) is 5.01 Å². The second kappa shape index (κ2) is 4.65. The Morgan fingerprint density at radius 2 is 1.95 bits per heavy atom. The van der Waals surface area contributed by atoms with Crippen LogP contribution >= 0.6 is 22.7 Å². The van der Waals surface area contributed by atoms with Gasteiger partial charge in [0, 0.05) is 10.1 Å². The fourth-order valence-corrected chi connectivity index (χ4v) is 5.03. The Hall–Kier alpha value is -1.23. The lowest BCUT2D eigenvalue weighted by molar-refractivity contribution is 0.459. The van der Waals surface area contributed by atoms with Crippen LogP contribution in [0.1, 0.15) is 30.7 Å². The van der Waals surface area contributed by atoms with Crippen LogP contribution in [-0.4, -0.2) is 4.98 Å². The van der Waals surface area contributed by atoms with Crippen LogP contribution in [0.15, 0.2) is 35.7 Å². The molecule has 1 saturated carbocycles. The molecular weight excluding hydrogens is 284 g/mol. The van der Waals surface area contributed by atoms with Gasteiger partial charge in [0.2, 0.25) is 0 Å². The van der Waals surface area contributed by atoms with E-state index in [-0.39, 0.29) is 5.54 Å². The zero-order valence-electron chi connectivity index (χ0n) is 11.1. The Bertz CT molecular complexity index is 718. The molecule has 0 spiro atoms. The van der Waals surface area contributed by atoms with E-state index in [9.17, 15) is 0 Å². The van der Waals surface area contributed by atoms with Gasteiger partial charge in [-0.05, 0) is 30.4 Å². The topological polar surface area (TPSA) is 38.9 Å². The maximum Gasteiger partial charge on any atom is 0.113 e. The molecule has 4 heteroatoms. The number of nitrogens with two attached hydrogens (primary N) is 1. The Labute approximate surface area is 126 Å². The minimum Gasteiger partial charge on any atom is -0.319 e. The summed E-state index contributed by atoms with van der Waals surface area (Å²) < 4.78 is 1.32. The van der Waals surface area contributed by atoms with E-state index < -0.39 is 0 Å². The summed E-state index contributed by atoms with van der Waals surface area (Å²) in [6.45, 7) is 0. The number of thiophene rings is 1. The minimum atomic E-state index is -0.167. The van der Waals surface area contributed by atoms with Crippen LogP contribution in [0.4, 0.5) is 0 Å². The number of aromatic nitrogens is 1. The quantitative estimate of drug-likeness (QED) is 0.741. The molecule has 2 nitrogen and oxygen atoms in total. The van der Waals surface area contributed by atoms with Gasteiger partial charge in [-0.25, -0.2) is 4.98 Å². The van der Waals surface area contributed by atoms with Crippen molar-refractivity contribution in [1.29, 1.82) is 0 Å². The zero-order chi connectivity index (χ0) is 13.6. The number of nitrogens with zero attached hydrogens (tertiary/aromatic N) is 1. The predicted molar refractivity (Wildman–Crippen MR) is 87.3 cm³/mol. The molecule has 4 rings (SSSR count). The van der Waals surface area contributed by atoms with Gasteiger partial charge < -0.3 is 5.73 Å². The SMILES string of the molecule is NC1(c2nc(-c3cc4ccccc4s3)cs2)CCCC1. The van der Waals surface area contributed by atoms with Crippen LogP contribution in [0.3, 0.4) is 0 Å². The van der Waals surface area contributed by atoms with Crippen LogP contribution in [0.5, 0.6) is 0 Å². The number of hydrogen-bond acceptors (Lipinski definition) is 4. The van der Waals surface area contributed by atoms with Crippen LogP contribution in [0, 0.1) is 0 Å². The highest BCUT2D eigenvalue weighted by Crippen LogP contribution is 2.40. The Kier molecular flexibility index (Phi) is 2.91. The second-order valence-electron chi connectivity index (χ2n) is 5.55. The van der Waals surface area contributed by atoms with Crippen molar-refractivity contribution in [3.8, 4) is 10.6 Å². The number of hydrogen-bond donors (Lipinski definition) is 1. The van der Waals surface area contributed by atoms with E-state index in [1.807, 2.05) is 11.3 Å². The van der Waals surface area contributed by atoms with Gasteiger partial charge in [0.25, 0.3) is 0 Å². The highest BCUT2D eigenvalue weighted by atomic mass is 32.1. The van der Waals surface area contributed by atoms with Gasteiger partial charge in [-0.3, -0.25) is 0 Å². The third-order valence-electron chi connectivity index (χ3n) is 4.10. The molecule has 3 aromatic rings. The molecule has 1 fully saturated rings. The molecule has 2 heterocycles. The largest absolute Gasteiger partial charge is 0.319 e. The summed E-state index contributed by atoms with van der Waals surface area (Å²) in [5.74, 6) is 0. The van der Waals surface area contributed by atoms with Crippen LogP contribution in [0.25, 0.3) is 20.7 Å². The van der Waals surface area contributed by atoms with Gasteiger partial charge in [-0.15, -0.1) is 22.7 Å². The van der Waals surface area contributed by atoms with Gasteiger partial charge in [-0.2, -0.15) is 0 Å². The number of benzene rings is 1. The second-order valence-corrected chi connectivity index (χ2v) is 7.49. The third-order valence-corrected chi connectivity index (χ3v) is 6.30. The Morgan fingerprint density at radius 3 is 2.75 bits per heavy atom. The normalized spacial score (nSPS) is 17.9. The average molecular weight is 300 g/mol. The van der Waals surface area contributed by atoms with Crippen molar-refractivity contribution >= 4 is 32.8 Å². The minimum absolute atomic E-state index is 0.167. The van der Waals surface area contributed by atoms with Crippen molar-refractivity contribution in [1.82, 2.24) is 4.98 Å². The van der Waals surface area contributed by atoms with Crippen molar-refractivity contribution in [3.05, 3.63) is 40.7 Å².